The van der Waals surface area contributed by atoms with Gasteiger partial charge in [0, 0.05) is 5.41 Å². The summed E-state index contributed by atoms with van der Waals surface area (Å²) in [6.07, 6.45) is 1.02. The Balaban J connectivity index is 2.99. The highest BCUT2D eigenvalue weighted by Crippen LogP contribution is 2.55. The number of hydrogen-bond donors (Lipinski definition) is 0. The molecule has 1 nitrogen and oxygen atoms in total. The van der Waals surface area contributed by atoms with Gasteiger partial charge in [-0.1, -0.05) is 13.8 Å². The average Bonchev–Trinajstić information content (AvgIpc) is 2.33. The van der Waals surface area contributed by atoms with Crippen LogP contribution in [0.1, 0.15) is 27.7 Å². The van der Waals surface area contributed by atoms with Crippen molar-refractivity contribution in [1.29, 1.82) is 0 Å². The molecular formula is C10H14O. The van der Waals surface area contributed by atoms with Gasteiger partial charge in [0.05, 0.1) is 5.92 Å². The smallest absolute Gasteiger partial charge is 0.128 e. The molecule has 0 spiro atoms. The Labute approximate surface area is 67.8 Å². The van der Waals surface area contributed by atoms with Crippen LogP contribution in [0.25, 0.3) is 0 Å². The molecule has 0 amide bonds. The second-order valence-corrected chi connectivity index (χ2v) is 3.87. The summed E-state index contributed by atoms with van der Waals surface area (Å²) in [4.78, 5) is 10.5. The Kier molecular flexibility index (Phi) is 1.77. The molecule has 0 aromatic rings. The topological polar surface area (TPSA) is 17.1 Å². The third kappa shape index (κ3) is 1.29. The van der Waals surface area contributed by atoms with Gasteiger partial charge in [-0.25, -0.2) is 0 Å². The molecule has 1 aliphatic rings. The molecule has 0 heterocycles. The van der Waals surface area contributed by atoms with Crippen LogP contribution in [-0.4, -0.2) is 6.29 Å². The number of rotatable bonds is 1. The van der Waals surface area contributed by atoms with Gasteiger partial charge < -0.3 is 4.79 Å². The summed E-state index contributed by atoms with van der Waals surface area (Å²) in [5, 5.41) is 0. The van der Waals surface area contributed by atoms with Gasteiger partial charge in [-0.05, 0) is 25.0 Å². The van der Waals surface area contributed by atoms with Crippen LogP contribution in [0.2, 0.25) is 0 Å². The first kappa shape index (κ1) is 8.29. The lowest BCUT2D eigenvalue weighted by atomic mass is 10.1. The molecule has 0 aliphatic heterocycles. The zero-order valence-corrected chi connectivity index (χ0v) is 7.56. The minimum Gasteiger partial charge on any atom is -0.303 e. The quantitative estimate of drug-likeness (QED) is 0.414. The zero-order valence-electron chi connectivity index (χ0n) is 7.56. The number of carbonyl (C=O) groups is 1. The van der Waals surface area contributed by atoms with E-state index in [9.17, 15) is 4.79 Å². The van der Waals surface area contributed by atoms with Crippen molar-refractivity contribution >= 4 is 6.29 Å². The minimum absolute atomic E-state index is 0.0824. The molecule has 1 saturated carbocycles. The normalized spacial score (nSPS) is 25.8. The van der Waals surface area contributed by atoms with Gasteiger partial charge in [-0.2, -0.15) is 0 Å². The molecule has 0 unspecified atom stereocenters. The minimum atomic E-state index is 0.0824. The predicted molar refractivity (Wildman–Crippen MR) is 45.2 cm³/mol. The SMILES string of the molecule is CC(C)=C=C1[C@H](C=O)C1(C)C. The summed E-state index contributed by atoms with van der Waals surface area (Å²) in [6.45, 7) is 8.17. The van der Waals surface area contributed by atoms with Crippen molar-refractivity contribution in [2.75, 3.05) is 0 Å². The first-order chi connectivity index (χ1) is 5.00. The van der Waals surface area contributed by atoms with Crippen LogP contribution in [0.4, 0.5) is 0 Å². The molecule has 0 radical (unpaired) electrons. The van der Waals surface area contributed by atoms with E-state index in [0.29, 0.717) is 0 Å². The molecule has 1 atom stereocenters. The Morgan fingerprint density at radius 2 is 2.09 bits per heavy atom. The Bertz CT molecular complexity index is 248. The number of hydrogen-bond acceptors (Lipinski definition) is 1. The third-order valence-electron chi connectivity index (χ3n) is 2.22. The summed E-state index contributed by atoms with van der Waals surface area (Å²) >= 11 is 0. The molecule has 1 heteroatoms. The molecule has 0 bridgehead atoms. The molecule has 0 N–H and O–H groups in total. The lowest BCUT2D eigenvalue weighted by molar-refractivity contribution is -0.109. The average molecular weight is 150 g/mol. The van der Waals surface area contributed by atoms with E-state index in [-0.39, 0.29) is 11.3 Å². The lowest BCUT2D eigenvalue weighted by Gasteiger charge is -1.90. The number of allylic oxidation sites excluding steroid dienone is 1. The Morgan fingerprint density at radius 3 is 2.36 bits per heavy atom. The van der Waals surface area contributed by atoms with E-state index in [1.54, 1.807) is 0 Å². The van der Waals surface area contributed by atoms with E-state index >= 15 is 0 Å². The van der Waals surface area contributed by atoms with Gasteiger partial charge in [0.15, 0.2) is 0 Å². The van der Waals surface area contributed by atoms with E-state index in [1.165, 1.54) is 0 Å². The molecule has 0 aromatic heterocycles. The van der Waals surface area contributed by atoms with Crippen molar-refractivity contribution in [2.24, 2.45) is 11.3 Å². The summed E-state index contributed by atoms with van der Waals surface area (Å²) in [6, 6.07) is 0. The first-order valence-electron chi connectivity index (χ1n) is 3.90. The highest BCUT2D eigenvalue weighted by atomic mass is 16.1. The highest BCUT2D eigenvalue weighted by molar-refractivity contribution is 5.70. The highest BCUT2D eigenvalue weighted by Gasteiger charge is 2.52. The monoisotopic (exact) mass is 150 g/mol. The predicted octanol–water partition coefficient (Wildman–Crippen LogP) is 2.33. The third-order valence-corrected chi connectivity index (χ3v) is 2.22. The molecular weight excluding hydrogens is 136 g/mol. The molecule has 0 saturated heterocycles. The van der Waals surface area contributed by atoms with Gasteiger partial charge in [-0.3, -0.25) is 0 Å². The second-order valence-electron chi connectivity index (χ2n) is 3.87. The maximum absolute atomic E-state index is 10.5. The van der Waals surface area contributed by atoms with E-state index in [2.05, 4.69) is 19.6 Å². The van der Waals surface area contributed by atoms with Crippen LogP contribution in [0.5, 0.6) is 0 Å². The van der Waals surface area contributed by atoms with Crippen LogP contribution in [0.15, 0.2) is 16.9 Å². The van der Waals surface area contributed by atoms with Crippen molar-refractivity contribution in [2.45, 2.75) is 27.7 Å². The van der Waals surface area contributed by atoms with Crippen LogP contribution in [0.3, 0.4) is 0 Å². The van der Waals surface area contributed by atoms with Crippen LogP contribution in [-0.2, 0) is 4.79 Å². The van der Waals surface area contributed by atoms with Crippen molar-refractivity contribution in [3.8, 4) is 0 Å². The van der Waals surface area contributed by atoms with E-state index in [0.717, 1.165) is 17.4 Å². The molecule has 60 valence electrons. The van der Waals surface area contributed by atoms with Crippen LogP contribution < -0.4 is 0 Å². The fourth-order valence-electron chi connectivity index (χ4n) is 1.33. The van der Waals surface area contributed by atoms with E-state index in [1.807, 2.05) is 13.8 Å². The maximum atomic E-state index is 10.5. The zero-order chi connectivity index (χ0) is 8.65. The number of carbonyl (C=O) groups excluding carboxylic acids is 1. The Morgan fingerprint density at radius 1 is 1.55 bits per heavy atom. The molecule has 1 aliphatic carbocycles. The molecule has 0 aromatic carbocycles. The molecule has 1 rings (SSSR count). The van der Waals surface area contributed by atoms with Crippen LogP contribution in [0, 0.1) is 11.3 Å². The summed E-state index contributed by atoms with van der Waals surface area (Å²) in [7, 11) is 0. The van der Waals surface area contributed by atoms with Crippen molar-refractivity contribution in [3.05, 3.63) is 16.9 Å². The summed E-state index contributed by atoms with van der Waals surface area (Å²) in [5.41, 5.74) is 5.60. The van der Waals surface area contributed by atoms with E-state index < -0.39 is 0 Å². The van der Waals surface area contributed by atoms with Gasteiger partial charge >= 0.3 is 0 Å². The molecule has 11 heavy (non-hydrogen) atoms. The summed E-state index contributed by atoms with van der Waals surface area (Å²) < 4.78 is 0. The summed E-state index contributed by atoms with van der Waals surface area (Å²) in [5.74, 6) is 0.123. The Hall–Kier alpha value is -0.810. The van der Waals surface area contributed by atoms with Crippen molar-refractivity contribution in [1.82, 2.24) is 0 Å². The maximum Gasteiger partial charge on any atom is 0.128 e. The molecule has 1 fully saturated rings. The standard InChI is InChI=1S/C10H14O/c1-7(2)5-8-9(6-11)10(8,3)4/h6,9H,1-4H3/t9-/m0/s1. The fourth-order valence-corrected chi connectivity index (χ4v) is 1.33. The first-order valence-corrected chi connectivity index (χ1v) is 3.90. The van der Waals surface area contributed by atoms with Gasteiger partial charge in [-0.15, -0.1) is 5.73 Å². The largest absolute Gasteiger partial charge is 0.303 e. The lowest BCUT2D eigenvalue weighted by Crippen LogP contribution is -1.89. The fraction of sp³-hybridized carbons (Fsp3) is 0.600. The van der Waals surface area contributed by atoms with Crippen molar-refractivity contribution in [3.63, 3.8) is 0 Å². The van der Waals surface area contributed by atoms with Crippen molar-refractivity contribution < 1.29 is 4.79 Å². The van der Waals surface area contributed by atoms with E-state index in [4.69, 9.17) is 0 Å². The second kappa shape index (κ2) is 2.35. The van der Waals surface area contributed by atoms with Gasteiger partial charge in [0.2, 0.25) is 0 Å². The van der Waals surface area contributed by atoms with Gasteiger partial charge in [0.1, 0.15) is 6.29 Å². The van der Waals surface area contributed by atoms with Crippen LogP contribution >= 0.6 is 0 Å². The van der Waals surface area contributed by atoms with Gasteiger partial charge in [0.25, 0.3) is 0 Å². The number of aldehydes is 1.